The minimum Gasteiger partial charge on any atom is -0.378 e. The average Bonchev–Trinajstić information content (AvgIpc) is 2.69. The first-order valence-electron chi connectivity index (χ1n) is 9.45. The highest BCUT2D eigenvalue weighted by Crippen LogP contribution is 2.20. The maximum atomic E-state index is 5.43. The first-order valence-corrected chi connectivity index (χ1v) is 10.2. The van der Waals surface area contributed by atoms with Crippen molar-refractivity contribution in [1.82, 2.24) is 0 Å². The van der Waals surface area contributed by atoms with E-state index in [4.69, 9.17) is 9.73 Å². The number of hydrogen-bond donors (Lipinski definition) is 1. The predicted octanol–water partition coefficient (Wildman–Crippen LogP) is 3.74. The number of nitrogens with one attached hydrogen (secondary N) is 1. The van der Waals surface area contributed by atoms with Gasteiger partial charge in [-0.3, -0.25) is 0 Å². The molecule has 0 aromatic heterocycles. The summed E-state index contributed by atoms with van der Waals surface area (Å²) >= 11 is 3.71. The zero-order valence-electron chi connectivity index (χ0n) is 15.5. The maximum absolute atomic E-state index is 5.43. The highest BCUT2D eigenvalue weighted by atomic mass is 79.9. The van der Waals surface area contributed by atoms with Crippen LogP contribution in [-0.4, -0.2) is 26.3 Å². The van der Waals surface area contributed by atoms with Crippen LogP contribution in [0.2, 0.25) is 0 Å². The number of anilines is 2. The fourth-order valence-electron chi connectivity index (χ4n) is 3.39. The van der Waals surface area contributed by atoms with Gasteiger partial charge in [-0.1, -0.05) is 18.2 Å². The summed E-state index contributed by atoms with van der Waals surface area (Å²) in [5.41, 5.74) is 3.49. The minimum atomic E-state index is 0.802. The predicted molar refractivity (Wildman–Crippen MR) is 115 cm³/mol. The molecule has 0 unspecified atom stereocenters. The van der Waals surface area contributed by atoms with Crippen LogP contribution in [-0.2, 0) is 4.74 Å². The van der Waals surface area contributed by atoms with E-state index in [2.05, 4.69) is 81.6 Å². The molecule has 27 heavy (non-hydrogen) atoms. The molecular weight excluding hydrogens is 402 g/mol. The molecule has 0 spiro atoms. The van der Waals surface area contributed by atoms with Crippen LogP contribution in [0, 0.1) is 6.92 Å². The molecule has 2 aromatic rings. The van der Waals surface area contributed by atoms with Gasteiger partial charge in [0, 0.05) is 28.9 Å². The van der Waals surface area contributed by atoms with Crippen molar-refractivity contribution < 1.29 is 4.74 Å². The summed E-state index contributed by atoms with van der Waals surface area (Å²) in [6.07, 6.45) is 6.42. The van der Waals surface area contributed by atoms with Crippen LogP contribution in [0.3, 0.4) is 0 Å². The van der Waals surface area contributed by atoms with Crippen molar-refractivity contribution >= 4 is 33.4 Å². The molecule has 0 aliphatic carbocycles. The summed E-state index contributed by atoms with van der Waals surface area (Å²) in [5, 5.41) is 5.66. The molecule has 5 heteroatoms. The Morgan fingerprint density at radius 1 is 1.00 bits per heavy atom. The van der Waals surface area contributed by atoms with Gasteiger partial charge in [-0.2, -0.15) is 0 Å². The third kappa shape index (κ3) is 4.25. The Morgan fingerprint density at radius 2 is 1.74 bits per heavy atom. The van der Waals surface area contributed by atoms with Gasteiger partial charge in [0.25, 0.3) is 0 Å². The number of hydrogen-bond acceptors (Lipinski definition) is 4. The van der Waals surface area contributed by atoms with Crippen molar-refractivity contribution in [3.63, 3.8) is 0 Å². The van der Waals surface area contributed by atoms with Crippen molar-refractivity contribution in [2.24, 2.45) is 4.99 Å². The number of halogens is 1. The molecule has 1 N–H and O–H groups in total. The fraction of sp³-hybridized carbons (Fsp3) is 0.318. The Balaban J connectivity index is 1.59. The number of benzene rings is 2. The summed E-state index contributed by atoms with van der Waals surface area (Å²) in [5.74, 6) is 0.898. The van der Waals surface area contributed by atoms with E-state index in [1.807, 2.05) is 0 Å². The minimum absolute atomic E-state index is 0.802. The summed E-state index contributed by atoms with van der Waals surface area (Å²) < 4.78 is 6.50. The van der Waals surface area contributed by atoms with Crippen LogP contribution in [0.4, 0.5) is 11.4 Å². The van der Waals surface area contributed by atoms with Crippen LogP contribution < -0.4 is 20.8 Å². The van der Waals surface area contributed by atoms with Gasteiger partial charge in [0.1, 0.15) is 5.82 Å². The first-order chi connectivity index (χ1) is 13.2. The molecular formula is C22H24BrN3O. The van der Waals surface area contributed by atoms with E-state index in [1.165, 1.54) is 16.5 Å². The second kappa shape index (κ2) is 8.28. The lowest BCUT2D eigenvalue weighted by Gasteiger charge is -2.29. The van der Waals surface area contributed by atoms with Crippen LogP contribution in [0.15, 0.2) is 57.8 Å². The van der Waals surface area contributed by atoms with Crippen molar-refractivity contribution in [2.75, 3.05) is 36.5 Å². The number of nitrogens with zero attached hydrogens (tertiary/aromatic N) is 2. The molecule has 4 rings (SSSR count). The number of aryl methyl sites for hydroxylation is 1. The SMILES string of the molecule is Cc1ccc2/c(c1Br)=N\C(Nc1ccc(N3CCOCC3)cc1)=C/CC/C=2. The van der Waals surface area contributed by atoms with Crippen LogP contribution >= 0.6 is 15.9 Å². The Labute approximate surface area is 168 Å². The zero-order chi connectivity index (χ0) is 18.6. The summed E-state index contributed by atoms with van der Waals surface area (Å²) in [4.78, 5) is 7.27. The highest BCUT2D eigenvalue weighted by molar-refractivity contribution is 9.10. The Hall–Kier alpha value is -2.11. The van der Waals surface area contributed by atoms with Gasteiger partial charge in [-0.15, -0.1) is 0 Å². The van der Waals surface area contributed by atoms with Gasteiger partial charge in [0.2, 0.25) is 0 Å². The monoisotopic (exact) mass is 425 g/mol. The van der Waals surface area contributed by atoms with Gasteiger partial charge in [0.15, 0.2) is 0 Å². The van der Waals surface area contributed by atoms with E-state index in [1.54, 1.807) is 0 Å². The molecule has 0 saturated carbocycles. The number of allylic oxidation sites excluding steroid dienone is 1. The van der Waals surface area contributed by atoms with Gasteiger partial charge in [0.05, 0.1) is 18.6 Å². The van der Waals surface area contributed by atoms with Crippen LogP contribution in [0.1, 0.15) is 18.4 Å². The maximum Gasteiger partial charge on any atom is 0.127 e. The fourth-order valence-corrected chi connectivity index (χ4v) is 3.84. The van der Waals surface area contributed by atoms with Gasteiger partial charge in [-0.05, 0) is 76.8 Å². The van der Waals surface area contributed by atoms with Crippen molar-refractivity contribution in [3.8, 4) is 0 Å². The molecule has 0 amide bonds. The number of fused-ring (bicyclic) bond motifs is 1. The van der Waals surface area contributed by atoms with Crippen molar-refractivity contribution in [2.45, 2.75) is 19.8 Å². The largest absolute Gasteiger partial charge is 0.378 e. The Kier molecular flexibility index (Phi) is 5.60. The Bertz CT molecular complexity index is 960. The average molecular weight is 426 g/mol. The number of morpholine rings is 1. The summed E-state index contributed by atoms with van der Waals surface area (Å²) in [7, 11) is 0. The van der Waals surface area contributed by atoms with E-state index in [9.17, 15) is 0 Å². The molecule has 4 nitrogen and oxygen atoms in total. The van der Waals surface area contributed by atoms with Crippen molar-refractivity contribution in [3.05, 3.63) is 68.9 Å². The van der Waals surface area contributed by atoms with Crippen molar-refractivity contribution in [1.29, 1.82) is 0 Å². The standard InChI is InChI=1S/C22H24BrN3O/c1-16-6-7-17-4-2-3-5-20(25-22(17)21(16)23)24-18-8-10-19(11-9-18)26-12-14-27-15-13-26/h4-11,24H,2-3,12-15H2,1H3/b17-4+,20-5-,25-22+. The lowest BCUT2D eigenvalue weighted by atomic mass is 10.1. The summed E-state index contributed by atoms with van der Waals surface area (Å²) in [6, 6.07) is 12.9. The van der Waals surface area contributed by atoms with E-state index in [0.717, 1.165) is 60.5 Å². The third-order valence-electron chi connectivity index (χ3n) is 4.96. The van der Waals surface area contributed by atoms with E-state index in [0.29, 0.717) is 0 Å². The van der Waals surface area contributed by atoms with Gasteiger partial charge >= 0.3 is 0 Å². The van der Waals surface area contributed by atoms with Gasteiger partial charge < -0.3 is 15.0 Å². The molecule has 0 radical (unpaired) electrons. The second-order valence-corrected chi connectivity index (χ2v) is 7.68. The molecule has 1 saturated heterocycles. The van der Waals surface area contributed by atoms with Crippen LogP contribution in [0.25, 0.3) is 6.08 Å². The van der Waals surface area contributed by atoms with E-state index in [-0.39, 0.29) is 0 Å². The van der Waals surface area contributed by atoms with E-state index >= 15 is 0 Å². The smallest absolute Gasteiger partial charge is 0.127 e. The molecule has 1 fully saturated rings. The zero-order valence-corrected chi connectivity index (χ0v) is 17.1. The normalized spacial score (nSPS) is 21.4. The summed E-state index contributed by atoms with van der Waals surface area (Å²) in [6.45, 7) is 5.61. The molecule has 2 aliphatic rings. The highest BCUT2D eigenvalue weighted by Gasteiger charge is 2.11. The first kappa shape index (κ1) is 18.3. The molecule has 0 atom stereocenters. The lowest BCUT2D eigenvalue weighted by molar-refractivity contribution is 0.122. The topological polar surface area (TPSA) is 36.9 Å². The molecule has 0 bridgehead atoms. The van der Waals surface area contributed by atoms with Gasteiger partial charge in [-0.25, -0.2) is 4.99 Å². The number of rotatable bonds is 3. The number of ether oxygens (including phenoxy) is 1. The van der Waals surface area contributed by atoms with E-state index < -0.39 is 0 Å². The lowest BCUT2D eigenvalue weighted by Crippen LogP contribution is -2.36. The molecule has 2 aliphatic heterocycles. The molecule has 140 valence electrons. The van der Waals surface area contributed by atoms with Crippen LogP contribution in [0.5, 0.6) is 0 Å². The quantitative estimate of drug-likeness (QED) is 0.813. The second-order valence-electron chi connectivity index (χ2n) is 6.89. The molecule has 2 heterocycles. The Morgan fingerprint density at radius 3 is 2.52 bits per heavy atom. The molecule has 2 aromatic carbocycles. The third-order valence-corrected chi connectivity index (χ3v) is 5.96.